The van der Waals surface area contributed by atoms with Crippen LogP contribution in [0.5, 0.6) is 0 Å². The summed E-state index contributed by atoms with van der Waals surface area (Å²) in [5.74, 6) is -2.52. The van der Waals surface area contributed by atoms with E-state index in [1.54, 1.807) is 11.3 Å². The van der Waals surface area contributed by atoms with E-state index in [-0.39, 0.29) is 11.9 Å². The molecule has 1 saturated heterocycles. The van der Waals surface area contributed by atoms with E-state index >= 15 is 0 Å². The standard InChI is InChI=1S/C17H24N4OS.C2HF3O2/c1-19(2)15-4-6-21(17(22)9-13-5-7-23-12-13)16(15)8-14-10-18-20(3)11-14;3-2(4,5)1(6)7/h5,7,10-12,15-16H,4,6,8-9H2,1-3H3;(H,6,7)/t15-,16+;/m1./s1. The molecule has 0 spiro atoms. The molecule has 30 heavy (non-hydrogen) atoms. The van der Waals surface area contributed by atoms with Crippen LogP contribution in [0.4, 0.5) is 13.2 Å². The Bertz CT molecular complexity index is 836. The van der Waals surface area contributed by atoms with Crippen molar-refractivity contribution in [1.82, 2.24) is 19.6 Å². The van der Waals surface area contributed by atoms with Gasteiger partial charge in [0.25, 0.3) is 0 Å². The normalized spacial score (nSPS) is 19.0. The van der Waals surface area contributed by atoms with Crippen LogP contribution in [-0.2, 0) is 29.5 Å². The molecule has 0 unspecified atom stereocenters. The van der Waals surface area contributed by atoms with Gasteiger partial charge in [-0.2, -0.15) is 29.6 Å². The molecule has 7 nitrogen and oxygen atoms in total. The highest BCUT2D eigenvalue weighted by atomic mass is 32.1. The quantitative estimate of drug-likeness (QED) is 0.763. The lowest BCUT2D eigenvalue weighted by atomic mass is 10.0. The first-order valence-corrected chi connectivity index (χ1v) is 10.2. The van der Waals surface area contributed by atoms with Crippen LogP contribution in [0.3, 0.4) is 0 Å². The second kappa shape index (κ2) is 10.1. The molecular formula is C19H25F3N4O3S. The van der Waals surface area contributed by atoms with Crippen molar-refractivity contribution < 1.29 is 27.9 Å². The van der Waals surface area contributed by atoms with E-state index in [1.807, 2.05) is 35.6 Å². The highest BCUT2D eigenvalue weighted by Gasteiger charge is 2.39. The Morgan fingerprint density at radius 1 is 1.33 bits per heavy atom. The molecule has 2 aromatic heterocycles. The van der Waals surface area contributed by atoms with Gasteiger partial charge >= 0.3 is 12.1 Å². The summed E-state index contributed by atoms with van der Waals surface area (Å²) >= 11 is 1.65. The van der Waals surface area contributed by atoms with Gasteiger partial charge in [0.05, 0.1) is 18.7 Å². The molecule has 1 aliphatic heterocycles. The zero-order valence-corrected chi connectivity index (χ0v) is 17.8. The van der Waals surface area contributed by atoms with Crippen LogP contribution in [0, 0.1) is 0 Å². The molecule has 0 aromatic carbocycles. The number of carbonyl (C=O) groups excluding carboxylic acids is 1. The minimum absolute atomic E-state index is 0.223. The number of rotatable bonds is 5. The zero-order valence-electron chi connectivity index (χ0n) is 17.0. The summed E-state index contributed by atoms with van der Waals surface area (Å²) in [6.45, 7) is 0.844. The number of likely N-dealkylation sites (tertiary alicyclic amines) is 1. The van der Waals surface area contributed by atoms with Crippen molar-refractivity contribution >= 4 is 23.2 Å². The maximum atomic E-state index is 12.8. The second-order valence-corrected chi connectivity index (χ2v) is 8.09. The summed E-state index contributed by atoms with van der Waals surface area (Å²) in [4.78, 5) is 26.0. The van der Waals surface area contributed by atoms with Gasteiger partial charge in [-0.3, -0.25) is 9.48 Å². The van der Waals surface area contributed by atoms with Crippen molar-refractivity contribution in [3.05, 3.63) is 40.3 Å². The zero-order chi connectivity index (χ0) is 22.5. The van der Waals surface area contributed by atoms with Crippen LogP contribution in [0.15, 0.2) is 29.2 Å². The second-order valence-electron chi connectivity index (χ2n) is 7.31. The van der Waals surface area contributed by atoms with Crippen LogP contribution in [0.2, 0.25) is 0 Å². The van der Waals surface area contributed by atoms with Gasteiger partial charge in [-0.15, -0.1) is 0 Å². The Hall–Kier alpha value is -2.40. The largest absolute Gasteiger partial charge is 0.490 e. The number of carboxylic acid groups (broad SMARTS) is 1. The van der Waals surface area contributed by atoms with Crippen molar-refractivity contribution in [2.75, 3.05) is 20.6 Å². The van der Waals surface area contributed by atoms with E-state index in [4.69, 9.17) is 9.90 Å². The molecule has 0 radical (unpaired) electrons. The minimum Gasteiger partial charge on any atom is -0.475 e. The van der Waals surface area contributed by atoms with Gasteiger partial charge in [0, 0.05) is 25.8 Å². The van der Waals surface area contributed by atoms with E-state index in [0.29, 0.717) is 12.5 Å². The Morgan fingerprint density at radius 2 is 2.00 bits per heavy atom. The van der Waals surface area contributed by atoms with Crippen molar-refractivity contribution in [1.29, 1.82) is 0 Å². The van der Waals surface area contributed by atoms with Crippen LogP contribution in [0.25, 0.3) is 0 Å². The molecule has 1 fully saturated rings. The monoisotopic (exact) mass is 446 g/mol. The van der Waals surface area contributed by atoms with Gasteiger partial charge in [-0.25, -0.2) is 4.79 Å². The summed E-state index contributed by atoms with van der Waals surface area (Å²) in [5, 5.41) is 15.5. The number of hydrogen-bond acceptors (Lipinski definition) is 5. The fourth-order valence-electron chi connectivity index (χ4n) is 3.48. The Balaban J connectivity index is 0.000000396. The number of aromatic nitrogens is 2. The van der Waals surface area contributed by atoms with Crippen LogP contribution < -0.4 is 0 Å². The van der Waals surface area contributed by atoms with Crippen molar-refractivity contribution in [2.24, 2.45) is 7.05 Å². The molecule has 1 N–H and O–H groups in total. The third kappa shape index (κ3) is 6.56. The summed E-state index contributed by atoms with van der Waals surface area (Å²) in [5.41, 5.74) is 2.31. The van der Waals surface area contributed by atoms with E-state index < -0.39 is 12.1 Å². The smallest absolute Gasteiger partial charge is 0.475 e. The third-order valence-corrected chi connectivity index (χ3v) is 5.61. The first-order valence-electron chi connectivity index (χ1n) is 9.23. The number of halogens is 3. The van der Waals surface area contributed by atoms with Gasteiger partial charge in [-0.05, 0) is 54.9 Å². The Labute approximate surface area is 176 Å². The summed E-state index contributed by atoms with van der Waals surface area (Å²) in [7, 11) is 6.14. The number of aliphatic carboxylic acids is 1. The molecule has 2 atom stereocenters. The number of carbonyl (C=O) groups is 2. The van der Waals surface area contributed by atoms with Gasteiger partial charge in [-0.1, -0.05) is 0 Å². The number of alkyl halides is 3. The number of nitrogens with zero attached hydrogens (tertiary/aromatic N) is 4. The maximum absolute atomic E-state index is 12.8. The van der Waals surface area contributed by atoms with Gasteiger partial charge in [0.15, 0.2) is 0 Å². The SMILES string of the molecule is CN(C)[C@@H]1CCN(C(=O)Cc2ccsc2)[C@H]1Cc1cnn(C)c1.O=C(O)C(F)(F)F. The molecule has 1 aliphatic rings. The molecule has 11 heteroatoms. The molecule has 0 aliphatic carbocycles. The summed E-state index contributed by atoms with van der Waals surface area (Å²) < 4.78 is 33.6. The molecule has 0 saturated carbocycles. The van der Waals surface area contributed by atoms with Gasteiger partial charge < -0.3 is 14.9 Å². The molecular weight excluding hydrogens is 421 g/mol. The lowest BCUT2D eigenvalue weighted by Gasteiger charge is -2.31. The van der Waals surface area contributed by atoms with Crippen LogP contribution >= 0.6 is 11.3 Å². The number of hydrogen-bond donors (Lipinski definition) is 1. The molecule has 3 rings (SSSR count). The maximum Gasteiger partial charge on any atom is 0.490 e. The highest BCUT2D eigenvalue weighted by Crippen LogP contribution is 2.26. The van der Waals surface area contributed by atoms with Crippen molar-refractivity contribution in [3.63, 3.8) is 0 Å². The topological polar surface area (TPSA) is 78.7 Å². The lowest BCUT2D eigenvalue weighted by Crippen LogP contribution is -2.46. The fraction of sp³-hybridized carbons (Fsp3) is 0.526. The van der Waals surface area contributed by atoms with E-state index in [0.717, 1.165) is 24.9 Å². The lowest BCUT2D eigenvalue weighted by molar-refractivity contribution is -0.192. The predicted octanol–water partition coefficient (Wildman–Crippen LogP) is 2.43. The van der Waals surface area contributed by atoms with Gasteiger partial charge in [0.1, 0.15) is 0 Å². The highest BCUT2D eigenvalue weighted by molar-refractivity contribution is 7.08. The molecule has 1 amide bonds. The first kappa shape index (κ1) is 23.9. The third-order valence-electron chi connectivity index (χ3n) is 4.88. The summed E-state index contributed by atoms with van der Waals surface area (Å²) in [6, 6.07) is 2.67. The minimum atomic E-state index is -5.08. The average Bonchev–Trinajstić information content (AvgIpc) is 3.36. The number of aryl methyl sites for hydroxylation is 1. The van der Waals surface area contributed by atoms with Gasteiger partial charge in [0.2, 0.25) is 5.91 Å². The predicted molar refractivity (Wildman–Crippen MR) is 106 cm³/mol. The van der Waals surface area contributed by atoms with Crippen LogP contribution in [-0.4, -0.2) is 75.5 Å². The van der Waals surface area contributed by atoms with E-state index in [9.17, 15) is 18.0 Å². The number of amides is 1. The molecule has 3 heterocycles. The number of carboxylic acids is 1. The first-order chi connectivity index (χ1) is 14.0. The summed E-state index contributed by atoms with van der Waals surface area (Å²) in [6.07, 6.45) is 1.28. The Kier molecular flexibility index (Phi) is 8.02. The average molecular weight is 446 g/mol. The van der Waals surface area contributed by atoms with Crippen molar-refractivity contribution in [3.8, 4) is 0 Å². The fourth-order valence-corrected chi connectivity index (χ4v) is 4.15. The molecule has 2 aromatic rings. The molecule has 166 valence electrons. The Morgan fingerprint density at radius 3 is 2.47 bits per heavy atom. The number of thiophene rings is 1. The number of likely N-dealkylation sites (N-methyl/N-ethyl adjacent to an activating group) is 1. The van der Waals surface area contributed by atoms with E-state index in [1.165, 1.54) is 5.56 Å². The van der Waals surface area contributed by atoms with Crippen LogP contribution in [0.1, 0.15) is 17.5 Å². The van der Waals surface area contributed by atoms with Crippen molar-refractivity contribution in [2.45, 2.75) is 37.5 Å². The molecule has 0 bridgehead atoms. The van der Waals surface area contributed by atoms with E-state index in [2.05, 4.69) is 34.4 Å².